The Kier molecular flexibility index (Phi) is 42.7. The number of carbonyl (C=O) groups is 2. The molecule has 3 unspecified atom stereocenters. The van der Waals surface area contributed by atoms with E-state index in [2.05, 4.69) is 86.8 Å². The van der Waals surface area contributed by atoms with E-state index in [1.54, 1.807) is 0 Å². The summed E-state index contributed by atoms with van der Waals surface area (Å²) in [7, 11) is 0. The Hall–Kier alpha value is -2.44. The lowest BCUT2D eigenvalue weighted by atomic mass is 10.0. The van der Waals surface area contributed by atoms with Crippen LogP contribution in [0.2, 0.25) is 0 Å². The van der Waals surface area contributed by atoms with E-state index in [1.807, 2.05) is 0 Å². The largest absolute Gasteiger partial charge is 0.462 e. The quantitative estimate of drug-likeness (QED) is 0.0247. The van der Waals surface area contributed by atoms with E-state index < -0.39 is 18.2 Å². The zero-order chi connectivity index (χ0) is 41.7. The third-order valence-electron chi connectivity index (χ3n) is 10.7. The number of rotatable bonds is 42. The molecule has 3 N–H and O–H groups in total. The Morgan fingerprint density at radius 3 is 1.61 bits per heavy atom. The molecule has 0 spiro atoms. The first kappa shape index (κ1) is 54.6. The lowest BCUT2D eigenvalue weighted by Crippen LogP contribution is -2.46. The third kappa shape index (κ3) is 40.1. The Morgan fingerprint density at radius 2 is 1.04 bits per heavy atom. The molecule has 1 amide bonds. The molecule has 0 aromatic rings. The first-order valence-corrected chi connectivity index (χ1v) is 24.0. The minimum Gasteiger partial charge on any atom is -0.462 e. The number of allylic oxidation sites excluding steroid dienone is 10. The van der Waals surface area contributed by atoms with Crippen molar-refractivity contribution in [1.82, 2.24) is 5.32 Å². The second-order valence-corrected chi connectivity index (χ2v) is 16.2. The third-order valence-corrected chi connectivity index (χ3v) is 10.7. The molecule has 0 bridgehead atoms. The average Bonchev–Trinajstić information content (AvgIpc) is 3.20. The number of aliphatic hydroxyl groups excluding tert-OH is 2. The van der Waals surface area contributed by atoms with Crippen LogP contribution in [0.4, 0.5) is 0 Å². The molecule has 0 rings (SSSR count). The fourth-order valence-corrected chi connectivity index (χ4v) is 7.06. The van der Waals surface area contributed by atoms with Crippen molar-refractivity contribution in [3.05, 3.63) is 60.8 Å². The van der Waals surface area contributed by atoms with Crippen LogP contribution < -0.4 is 5.32 Å². The highest BCUT2D eigenvalue weighted by Crippen LogP contribution is 2.17. The van der Waals surface area contributed by atoms with Gasteiger partial charge in [0.1, 0.15) is 6.10 Å². The Balaban J connectivity index is 4.63. The van der Waals surface area contributed by atoms with E-state index in [-0.39, 0.29) is 24.9 Å². The zero-order valence-electron chi connectivity index (χ0n) is 37.5. The summed E-state index contributed by atoms with van der Waals surface area (Å²) in [6.45, 7) is 6.23. The summed E-state index contributed by atoms with van der Waals surface area (Å²) in [5.74, 6) is -0.505. The summed E-state index contributed by atoms with van der Waals surface area (Å²) in [6, 6.07) is -0.709. The molecule has 0 saturated carbocycles. The summed E-state index contributed by atoms with van der Waals surface area (Å²) in [5.41, 5.74) is 0. The first-order valence-electron chi connectivity index (χ1n) is 24.0. The van der Waals surface area contributed by atoms with Crippen molar-refractivity contribution in [2.75, 3.05) is 6.61 Å². The van der Waals surface area contributed by atoms with Gasteiger partial charge in [0, 0.05) is 6.42 Å². The number of nitrogens with one attached hydrogen (secondary N) is 1. The summed E-state index contributed by atoms with van der Waals surface area (Å²) >= 11 is 0. The molecule has 0 aromatic heterocycles. The standard InChI is InChI=1S/C51H91NO5/c1-4-7-10-13-16-19-22-24-26-29-32-35-38-41-44-51(56)57-47(42-39-36-33-30-28-25-23-20-17-14-11-8-5-2)45-50(55)52-48(46-53)49(54)43-40-37-34-31-27-21-18-15-12-9-6-3/h7-8,10-11,14,16-17,19-20,23,47-49,53-54H,4-6,9,12-13,15,18,21-22,24-46H2,1-3H3,(H,52,55)/b10-7+,11-8+,17-14+,19-16+,23-20+. The van der Waals surface area contributed by atoms with Crippen LogP contribution in [-0.2, 0) is 14.3 Å². The van der Waals surface area contributed by atoms with Crippen molar-refractivity contribution in [1.29, 1.82) is 0 Å². The summed E-state index contributed by atoms with van der Waals surface area (Å²) in [4.78, 5) is 26.1. The minimum absolute atomic E-state index is 0.0593. The van der Waals surface area contributed by atoms with E-state index in [0.29, 0.717) is 19.3 Å². The zero-order valence-corrected chi connectivity index (χ0v) is 37.5. The van der Waals surface area contributed by atoms with Crippen LogP contribution >= 0.6 is 0 Å². The van der Waals surface area contributed by atoms with Crippen molar-refractivity contribution in [3.8, 4) is 0 Å². The maximum atomic E-state index is 13.2. The van der Waals surface area contributed by atoms with E-state index in [1.165, 1.54) is 77.0 Å². The van der Waals surface area contributed by atoms with Crippen molar-refractivity contribution in [2.45, 2.75) is 244 Å². The number of aliphatic hydroxyl groups is 2. The van der Waals surface area contributed by atoms with Gasteiger partial charge < -0.3 is 20.3 Å². The van der Waals surface area contributed by atoms with Crippen LogP contribution in [0.25, 0.3) is 0 Å². The summed E-state index contributed by atoms with van der Waals surface area (Å²) in [5, 5.41) is 23.7. The number of hydrogen-bond donors (Lipinski definition) is 3. The van der Waals surface area contributed by atoms with E-state index in [9.17, 15) is 19.8 Å². The van der Waals surface area contributed by atoms with Gasteiger partial charge in [0.15, 0.2) is 0 Å². The number of esters is 1. The Bertz CT molecular complexity index is 1030. The normalized spacial score (nSPS) is 13.8. The molecular weight excluding hydrogens is 707 g/mol. The van der Waals surface area contributed by atoms with Crippen LogP contribution in [0.1, 0.15) is 226 Å². The average molecular weight is 798 g/mol. The molecular formula is C51H91NO5. The van der Waals surface area contributed by atoms with Crippen molar-refractivity contribution in [2.24, 2.45) is 0 Å². The molecule has 0 aromatic carbocycles. The lowest BCUT2D eigenvalue weighted by molar-refractivity contribution is -0.151. The highest BCUT2D eigenvalue weighted by atomic mass is 16.5. The fraction of sp³-hybridized carbons (Fsp3) is 0.765. The number of amides is 1. The van der Waals surface area contributed by atoms with Gasteiger partial charge in [0.05, 0.1) is 25.2 Å². The van der Waals surface area contributed by atoms with Crippen LogP contribution in [0.15, 0.2) is 60.8 Å². The Morgan fingerprint density at radius 1 is 0.544 bits per heavy atom. The van der Waals surface area contributed by atoms with Crippen LogP contribution in [-0.4, -0.2) is 46.9 Å². The molecule has 3 atom stereocenters. The summed E-state index contributed by atoms with van der Waals surface area (Å²) < 4.78 is 5.91. The van der Waals surface area contributed by atoms with Gasteiger partial charge in [0.2, 0.25) is 5.91 Å². The highest BCUT2D eigenvalue weighted by molar-refractivity contribution is 5.77. The SMILES string of the molecule is CC/C=C/C=C/C=C/CCCCCCCC(CC(=O)NC(CO)C(O)CCCCCCCCCCCCC)OC(=O)CCCCCCCCC/C=C/C/C=C/CC. The maximum absolute atomic E-state index is 13.2. The van der Waals surface area contributed by atoms with Gasteiger partial charge in [-0.3, -0.25) is 9.59 Å². The molecule has 0 heterocycles. The predicted molar refractivity (Wildman–Crippen MR) is 245 cm³/mol. The fourth-order valence-electron chi connectivity index (χ4n) is 7.06. The van der Waals surface area contributed by atoms with Crippen LogP contribution in [0.3, 0.4) is 0 Å². The van der Waals surface area contributed by atoms with Crippen molar-refractivity contribution >= 4 is 11.9 Å². The molecule has 57 heavy (non-hydrogen) atoms. The lowest BCUT2D eigenvalue weighted by Gasteiger charge is -2.24. The smallest absolute Gasteiger partial charge is 0.306 e. The minimum atomic E-state index is -0.794. The van der Waals surface area contributed by atoms with Gasteiger partial charge in [-0.25, -0.2) is 0 Å². The predicted octanol–water partition coefficient (Wildman–Crippen LogP) is 14.1. The summed E-state index contributed by atoms with van der Waals surface area (Å²) in [6.07, 6.45) is 54.2. The van der Waals surface area contributed by atoms with Crippen molar-refractivity contribution in [3.63, 3.8) is 0 Å². The second kappa shape index (κ2) is 44.7. The number of unbranched alkanes of at least 4 members (excludes halogenated alkanes) is 22. The van der Waals surface area contributed by atoms with Gasteiger partial charge >= 0.3 is 5.97 Å². The molecule has 0 fully saturated rings. The van der Waals surface area contributed by atoms with Gasteiger partial charge in [-0.05, 0) is 70.6 Å². The molecule has 0 aliphatic heterocycles. The highest BCUT2D eigenvalue weighted by Gasteiger charge is 2.24. The van der Waals surface area contributed by atoms with Crippen LogP contribution in [0.5, 0.6) is 0 Å². The molecule has 0 aliphatic rings. The molecule has 0 aliphatic carbocycles. The van der Waals surface area contributed by atoms with E-state index in [4.69, 9.17) is 4.74 Å². The second-order valence-electron chi connectivity index (χ2n) is 16.2. The van der Waals surface area contributed by atoms with Gasteiger partial charge in [0.25, 0.3) is 0 Å². The van der Waals surface area contributed by atoms with Crippen LogP contribution in [0, 0.1) is 0 Å². The first-order chi connectivity index (χ1) is 28.0. The molecule has 0 saturated heterocycles. The number of hydrogen-bond acceptors (Lipinski definition) is 5. The monoisotopic (exact) mass is 798 g/mol. The van der Waals surface area contributed by atoms with E-state index in [0.717, 1.165) is 103 Å². The van der Waals surface area contributed by atoms with Crippen molar-refractivity contribution < 1.29 is 24.5 Å². The number of carbonyl (C=O) groups excluding carboxylic acids is 2. The molecule has 0 radical (unpaired) electrons. The van der Waals surface area contributed by atoms with Gasteiger partial charge in [-0.2, -0.15) is 0 Å². The molecule has 6 nitrogen and oxygen atoms in total. The number of ether oxygens (including phenoxy) is 1. The maximum Gasteiger partial charge on any atom is 0.306 e. The molecule has 6 heteroatoms. The van der Waals surface area contributed by atoms with Gasteiger partial charge in [-0.1, -0.05) is 204 Å². The topological polar surface area (TPSA) is 95.9 Å². The van der Waals surface area contributed by atoms with E-state index >= 15 is 0 Å². The van der Waals surface area contributed by atoms with Gasteiger partial charge in [-0.15, -0.1) is 0 Å². The Labute approximate surface area is 352 Å². The molecule has 330 valence electrons.